The molecular weight excluding hydrogens is 334 g/mol. The van der Waals surface area contributed by atoms with Crippen molar-refractivity contribution in [2.24, 2.45) is 5.73 Å². The molecule has 0 radical (unpaired) electrons. The van der Waals surface area contributed by atoms with Crippen molar-refractivity contribution in [2.75, 3.05) is 17.2 Å². The van der Waals surface area contributed by atoms with Crippen LogP contribution in [0.15, 0.2) is 53.0 Å². The molecule has 4 N–H and O–H groups in total. The number of primary amides is 1. The zero-order valence-corrected chi connectivity index (χ0v) is 12.7. The maximum Gasteiger partial charge on any atom is 0.250 e. The SMILES string of the molecule is NC(=O)c1ccccc1NC(=O)CNc1cccc(Br)c1. The van der Waals surface area contributed by atoms with Crippen LogP contribution >= 0.6 is 15.9 Å². The van der Waals surface area contributed by atoms with Crippen LogP contribution in [0.5, 0.6) is 0 Å². The highest BCUT2D eigenvalue weighted by molar-refractivity contribution is 9.10. The number of hydrogen-bond acceptors (Lipinski definition) is 3. The van der Waals surface area contributed by atoms with Gasteiger partial charge in [-0.15, -0.1) is 0 Å². The Morgan fingerprint density at radius 1 is 1.10 bits per heavy atom. The van der Waals surface area contributed by atoms with Crippen LogP contribution in [-0.4, -0.2) is 18.4 Å². The van der Waals surface area contributed by atoms with Crippen LogP contribution in [0.2, 0.25) is 0 Å². The van der Waals surface area contributed by atoms with E-state index < -0.39 is 5.91 Å². The van der Waals surface area contributed by atoms with Gasteiger partial charge in [-0.2, -0.15) is 0 Å². The average Bonchev–Trinajstić information content (AvgIpc) is 2.45. The molecule has 6 heteroatoms. The summed E-state index contributed by atoms with van der Waals surface area (Å²) in [7, 11) is 0. The second kappa shape index (κ2) is 6.90. The number of amides is 2. The quantitative estimate of drug-likeness (QED) is 0.777. The van der Waals surface area contributed by atoms with Gasteiger partial charge in [0.05, 0.1) is 17.8 Å². The van der Waals surface area contributed by atoms with Gasteiger partial charge in [0, 0.05) is 10.2 Å². The maximum atomic E-state index is 11.9. The van der Waals surface area contributed by atoms with E-state index in [0.717, 1.165) is 10.2 Å². The molecule has 0 aliphatic rings. The Morgan fingerprint density at radius 3 is 2.57 bits per heavy atom. The van der Waals surface area contributed by atoms with Crippen molar-refractivity contribution in [3.05, 3.63) is 58.6 Å². The van der Waals surface area contributed by atoms with Crippen LogP contribution in [0.4, 0.5) is 11.4 Å². The Balaban J connectivity index is 1.98. The van der Waals surface area contributed by atoms with Crippen molar-refractivity contribution in [3.8, 4) is 0 Å². The predicted octanol–water partition coefficient (Wildman–Crippen LogP) is 2.60. The number of rotatable bonds is 5. The van der Waals surface area contributed by atoms with Crippen molar-refractivity contribution >= 4 is 39.1 Å². The molecule has 2 amide bonds. The van der Waals surface area contributed by atoms with Crippen molar-refractivity contribution in [1.82, 2.24) is 0 Å². The minimum atomic E-state index is -0.578. The summed E-state index contributed by atoms with van der Waals surface area (Å²) in [6.45, 7) is 0.0869. The molecule has 21 heavy (non-hydrogen) atoms. The summed E-state index contributed by atoms with van der Waals surface area (Å²) in [5, 5.41) is 5.66. The standard InChI is InChI=1S/C15H14BrN3O2/c16-10-4-3-5-11(8-10)18-9-14(20)19-13-7-2-1-6-12(13)15(17)21/h1-8,18H,9H2,(H2,17,21)(H,19,20). The Morgan fingerprint density at radius 2 is 1.86 bits per heavy atom. The highest BCUT2D eigenvalue weighted by atomic mass is 79.9. The molecule has 0 bridgehead atoms. The van der Waals surface area contributed by atoms with Crippen LogP contribution in [0.3, 0.4) is 0 Å². The van der Waals surface area contributed by atoms with E-state index in [1.807, 2.05) is 24.3 Å². The first-order valence-corrected chi connectivity index (χ1v) is 7.03. The van der Waals surface area contributed by atoms with Gasteiger partial charge in [-0.1, -0.05) is 34.1 Å². The molecular formula is C15H14BrN3O2. The fraction of sp³-hybridized carbons (Fsp3) is 0.0667. The highest BCUT2D eigenvalue weighted by Gasteiger charge is 2.09. The van der Waals surface area contributed by atoms with Crippen molar-refractivity contribution in [1.29, 1.82) is 0 Å². The van der Waals surface area contributed by atoms with Gasteiger partial charge in [0.1, 0.15) is 0 Å². The molecule has 0 unspecified atom stereocenters. The van der Waals surface area contributed by atoms with Gasteiger partial charge in [0.25, 0.3) is 5.91 Å². The largest absolute Gasteiger partial charge is 0.376 e. The average molecular weight is 348 g/mol. The van der Waals surface area contributed by atoms with E-state index in [1.165, 1.54) is 0 Å². The predicted molar refractivity (Wildman–Crippen MR) is 86.2 cm³/mol. The Labute approximate surface area is 130 Å². The number of benzene rings is 2. The van der Waals surface area contributed by atoms with Gasteiger partial charge < -0.3 is 16.4 Å². The van der Waals surface area contributed by atoms with E-state index in [0.29, 0.717) is 5.69 Å². The number of para-hydroxylation sites is 1. The normalized spacial score (nSPS) is 9.95. The molecule has 0 saturated heterocycles. The maximum absolute atomic E-state index is 11.9. The molecule has 0 aromatic heterocycles. The minimum Gasteiger partial charge on any atom is -0.376 e. The number of halogens is 1. The van der Waals surface area contributed by atoms with Crippen molar-refractivity contribution < 1.29 is 9.59 Å². The molecule has 0 atom stereocenters. The van der Waals surface area contributed by atoms with Gasteiger partial charge >= 0.3 is 0 Å². The third-order valence-electron chi connectivity index (χ3n) is 2.74. The molecule has 0 spiro atoms. The summed E-state index contributed by atoms with van der Waals surface area (Å²) in [6, 6.07) is 14.1. The molecule has 5 nitrogen and oxygen atoms in total. The molecule has 0 saturated carbocycles. The summed E-state index contributed by atoms with van der Waals surface area (Å²) in [5.74, 6) is -0.838. The second-order valence-corrected chi connectivity index (χ2v) is 5.24. The van der Waals surface area contributed by atoms with Gasteiger partial charge in [0.15, 0.2) is 0 Å². The summed E-state index contributed by atoms with van der Waals surface area (Å²) in [6.07, 6.45) is 0. The van der Waals surface area contributed by atoms with Crippen LogP contribution in [-0.2, 0) is 4.79 Å². The van der Waals surface area contributed by atoms with E-state index in [-0.39, 0.29) is 18.0 Å². The fourth-order valence-electron chi connectivity index (χ4n) is 1.78. The van der Waals surface area contributed by atoms with Gasteiger partial charge in [-0.3, -0.25) is 9.59 Å². The Hall–Kier alpha value is -2.34. The lowest BCUT2D eigenvalue weighted by atomic mass is 10.1. The summed E-state index contributed by atoms with van der Waals surface area (Å²) < 4.78 is 0.923. The lowest BCUT2D eigenvalue weighted by Crippen LogP contribution is -2.24. The van der Waals surface area contributed by atoms with Gasteiger partial charge in [-0.05, 0) is 30.3 Å². The second-order valence-electron chi connectivity index (χ2n) is 4.32. The first kappa shape index (κ1) is 15.1. The van der Waals surface area contributed by atoms with Crippen LogP contribution in [0.1, 0.15) is 10.4 Å². The molecule has 0 fully saturated rings. The van der Waals surface area contributed by atoms with E-state index in [9.17, 15) is 9.59 Å². The van der Waals surface area contributed by atoms with E-state index in [2.05, 4.69) is 26.6 Å². The van der Waals surface area contributed by atoms with Crippen molar-refractivity contribution in [3.63, 3.8) is 0 Å². The van der Waals surface area contributed by atoms with Crippen LogP contribution < -0.4 is 16.4 Å². The zero-order chi connectivity index (χ0) is 15.2. The zero-order valence-electron chi connectivity index (χ0n) is 11.1. The van der Waals surface area contributed by atoms with E-state index >= 15 is 0 Å². The topological polar surface area (TPSA) is 84.2 Å². The molecule has 0 aliphatic carbocycles. The van der Waals surface area contributed by atoms with E-state index in [4.69, 9.17) is 5.73 Å². The summed E-state index contributed by atoms with van der Waals surface area (Å²) in [5.41, 5.74) is 6.78. The number of hydrogen-bond donors (Lipinski definition) is 3. The first-order chi connectivity index (χ1) is 10.1. The molecule has 2 aromatic rings. The monoisotopic (exact) mass is 347 g/mol. The Kier molecular flexibility index (Phi) is 4.94. The van der Waals surface area contributed by atoms with Crippen LogP contribution in [0, 0.1) is 0 Å². The van der Waals surface area contributed by atoms with Crippen molar-refractivity contribution in [2.45, 2.75) is 0 Å². The number of carbonyl (C=O) groups excluding carboxylic acids is 2. The lowest BCUT2D eigenvalue weighted by molar-refractivity contribution is -0.114. The number of nitrogens with one attached hydrogen (secondary N) is 2. The summed E-state index contributed by atoms with van der Waals surface area (Å²) in [4.78, 5) is 23.2. The first-order valence-electron chi connectivity index (χ1n) is 6.24. The van der Waals surface area contributed by atoms with E-state index in [1.54, 1.807) is 24.3 Å². The number of anilines is 2. The Bertz CT molecular complexity index is 673. The smallest absolute Gasteiger partial charge is 0.250 e. The third-order valence-corrected chi connectivity index (χ3v) is 3.24. The number of carbonyl (C=O) groups is 2. The lowest BCUT2D eigenvalue weighted by Gasteiger charge is -2.10. The molecule has 2 rings (SSSR count). The van der Waals surface area contributed by atoms with Gasteiger partial charge in [-0.25, -0.2) is 0 Å². The summed E-state index contributed by atoms with van der Waals surface area (Å²) >= 11 is 3.36. The molecule has 0 heterocycles. The molecule has 2 aromatic carbocycles. The fourth-order valence-corrected chi connectivity index (χ4v) is 2.18. The molecule has 0 aliphatic heterocycles. The van der Waals surface area contributed by atoms with Crippen LogP contribution in [0.25, 0.3) is 0 Å². The number of nitrogens with two attached hydrogens (primary N) is 1. The van der Waals surface area contributed by atoms with Gasteiger partial charge in [0.2, 0.25) is 5.91 Å². The highest BCUT2D eigenvalue weighted by Crippen LogP contribution is 2.16. The third kappa shape index (κ3) is 4.32. The molecule has 108 valence electrons. The minimum absolute atomic E-state index is 0.0869.